The molecule has 0 aliphatic rings. The second-order valence-electron chi connectivity index (χ2n) is 6.02. The number of nitrogens with zero attached hydrogens (tertiary/aromatic N) is 1. The van der Waals surface area contributed by atoms with Gasteiger partial charge in [0.1, 0.15) is 0 Å². The van der Waals surface area contributed by atoms with Gasteiger partial charge in [0.15, 0.2) is 0 Å². The standard InChI is InChI=1S/C21H25N3O2/c1-17(25)22-16-10-4-9-15-20(26)23-24-21(18-11-5-2-6-12-18)19-13-7-3-8-14-19/h2-3,5-8,11-14H,4,9-10,15-16H2,1H3,(H,22,25)(H,23,26). The highest BCUT2D eigenvalue weighted by Gasteiger charge is 2.07. The largest absolute Gasteiger partial charge is 0.356 e. The molecule has 2 N–H and O–H groups in total. The van der Waals surface area contributed by atoms with E-state index in [0.717, 1.165) is 36.1 Å². The van der Waals surface area contributed by atoms with Crippen LogP contribution in [0, 0.1) is 0 Å². The first-order valence-electron chi connectivity index (χ1n) is 8.88. The van der Waals surface area contributed by atoms with Crippen LogP contribution in [-0.2, 0) is 9.59 Å². The SMILES string of the molecule is CC(=O)NCCCCCC(=O)NN=C(c1ccccc1)c1ccccc1. The number of hydrogen-bond donors (Lipinski definition) is 2. The second-order valence-corrected chi connectivity index (χ2v) is 6.02. The van der Waals surface area contributed by atoms with Crippen molar-refractivity contribution in [3.05, 3.63) is 71.8 Å². The van der Waals surface area contributed by atoms with Crippen LogP contribution in [0.2, 0.25) is 0 Å². The van der Waals surface area contributed by atoms with Crippen molar-refractivity contribution in [2.45, 2.75) is 32.6 Å². The molecule has 0 saturated carbocycles. The monoisotopic (exact) mass is 351 g/mol. The van der Waals surface area contributed by atoms with Gasteiger partial charge < -0.3 is 5.32 Å². The molecule has 5 nitrogen and oxygen atoms in total. The van der Waals surface area contributed by atoms with Gasteiger partial charge in [0, 0.05) is 31.0 Å². The Bertz CT molecular complexity index is 686. The molecule has 0 aromatic heterocycles. The molecule has 0 fully saturated rings. The Hall–Kier alpha value is -2.95. The summed E-state index contributed by atoms with van der Waals surface area (Å²) in [4.78, 5) is 22.8. The summed E-state index contributed by atoms with van der Waals surface area (Å²) in [6, 6.07) is 19.6. The Balaban J connectivity index is 1.89. The van der Waals surface area contributed by atoms with Crippen LogP contribution in [0.1, 0.15) is 43.7 Å². The van der Waals surface area contributed by atoms with Crippen molar-refractivity contribution < 1.29 is 9.59 Å². The van der Waals surface area contributed by atoms with Crippen LogP contribution in [0.4, 0.5) is 0 Å². The van der Waals surface area contributed by atoms with Gasteiger partial charge in [0.05, 0.1) is 5.71 Å². The molecule has 0 aliphatic carbocycles. The van der Waals surface area contributed by atoms with Gasteiger partial charge in [-0.3, -0.25) is 9.59 Å². The van der Waals surface area contributed by atoms with Crippen molar-refractivity contribution in [3.8, 4) is 0 Å². The highest BCUT2D eigenvalue weighted by Crippen LogP contribution is 2.10. The minimum Gasteiger partial charge on any atom is -0.356 e. The van der Waals surface area contributed by atoms with Crippen LogP contribution in [-0.4, -0.2) is 24.1 Å². The number of amides is 2. The first kappa shape index (κ1) is 19.4. The van der Waals surface area contributed by atoms with E-state index >= 15 is 0 Å². The molecule has 0 atom stereocenters. The van der Waals surface area contributed by atoms with E-state index in [2.05, 4.69) is 15.8 Å². The van der Waals surface area contributed by atoms with Gasteiger partial charge in [-0.15, -0.1) is 0 Å². The fourth-order valence-electron chi connectivity index (χ4n) is 2.51. The molecule has 0 radical (unpaired) electrons. The summed E-state index contributed by atoms with van der Waals surface area (Å²) < 4.78 is 0. The number of rotatable bonds is 9. The molecule has 2 rings (SSSR count). The highest BCUT2D eigenvalue weighted by molar-refractivity contribution is 6.13. The third kappa shape index (κ3) is 6.89. The van der Waals surface area contributed by atoms with Gasteiger partial charge in [0.2, 0.25) is 11.8 Å². The van der Waals surface area contributed by atoms with Crippen molar-refractivity contribution in [1.29, 1.82) is 0 Å². The number of carbonyl (C=O) groups is 2. The average Bonchev–Trinajstić information content (AvgIpc) is 2.66. The summed E-state index contributed by atoms with van der Waals surface area (Å²) >= 11 is 0. The Labute approximate surface area is 154 Å². The number of benzene rings is 2. The van der Waals surface area contributed by atoms with E-state index in [1.54, 1.807) is 0 Å². The van der Waals surface area contributed by atoms with Crippen molar-refractivity contribution in [1.82, 2.24) is 10.7 Å². The Morgan fingerprint density at radius 3 is 1.96 bits per heavy atom. The lowest BCUT2D eigenvalue weighted by molar-refractivity contribution is -0.121. The predicted octanol–water partition coefficient (Wildman–Crippen LogP) is 3.25. The third-order valence-corrected chi connectivity index (χ3v) is 3.84. The number of hydrogen-bond acceptors (Lipinski definition) is 3. The van der Waals surface area contributed by atoms with Crippen LogP contribution in [0.3, 0.4) is 0 Å². The van der Waals surface area contributed by atoms with E-state index in [0.29, 0.717) is 13.0 Å². The molecule has 136 valence electrons. The molecular formula is C21H25N3O2. The maximum absolute atomic E-state index is 12.1. The molecule has 0 saturated heterocycles. The second kappa shape index (κ2) is 10.8. The first-order valence-corrected chi connectivity index (χ1v) is 8.88. The molecular weight excluding hydrogens is 326 g/mol. The lowest BCUT2D eigenvalue weighted by Crippen LogP contribution is -2.21. The molecule has 2 aromatic rings. The summed E-state index contributed by atoms with van der Waals surface area (Å²) in [5, 5.41) is 7.11. The summed E-state index contributed by atoms with van der Waals surface area (Å²) in [6.45, 7) is 2.16. The van der Waals surface area contributed by atoms with Crippen LogP contribution in [0.15, 0.2) is 65.8 Å². The molecule has 0 unspecified atom stereocenters. The Morgan fingerprint density at radius 1 is 0.846 bits per heavy atom. The lowest BCUT2D eigenvalue weighted by Gasteiger charge is -2.08. The summed E-state index contributed by atoms with van der Waals surface area (Å²) in [6.07, 6.45) is 2.95. The van der Waals surface area contributed by atoms with Gasteiger partial charge in [-0.2, -0.15) is 5.10 Å². The van der Waals surface area contributed by atoms with E-state index in [4.69, 9.17) is 0 Å². The molecule has 2 amide bonds. The van der Waals surface area contributed by atoms with E-state index in [9.17, 15) is 9.59 Å². The van der Waals surface area contributed by atoms with Crippen molar-refractivity contribution in [3.63, 3.8) is 0 Å². The number of hydrazone groups is 1. The van der Waals surface area contributed by atoms with Crippen LogP contribution < -0.4 is 10.7 Å². The topological polar surface area (TPSA) is 70.6 Å². The molecule has 0 spiro atoms. The maximum Gasteiger partial charge on any atom is 0.240 e. The molecule has 0 bridgehead atoms. The van der Waals surface area contributed by atoms with Crippen LogP contribution in [0.5, 0.6) is 0 Å². The molecule has 0 aliphatic heterocycles. The van der Waals surface area contributed by atoms with Crippen LogP contribution >= 0.6 is 0 Å². The predicted molar refractivity (Wildman–Crippen MR) is 104 cm³/mol. The van der Waals surface area contributed by atoms with Crippen molar-refractivity contribution in [2.24, 2.45) is 5.10 Å². The van der Waals surface area contributed by atoms with Gasteiger partial charge in [0.25, 0.3) is 0 Å². The van der Waals surface area contributed by atoms with Gasteiger partial charge in [-0.25, -0.2) is 5.43 Å². The van der Waals surface area contributed by atoms with Gasteiger partial charge in [-0.05, 0) is 12.8 Å². The molecule has 2 aromatic carbocycles. The van der Waals surface area contributed by atoms with E-state index in [-0.39, 0.29) is 11.8 Å². The molecule has 0 heterocycles. The number of nitrogens with one attached hydrogen (secondary N) is 2. The summed E-state index contributed by atoms with van der Waals surface area (Å²) in [5.41, 5.74) is 5.32. The fourth-order valence-corrected chi connectivity index (χ4v) is 2.51. The van der Waals surface area contributed by atoms with Crippen molar-refractivity contribution in [2.75, 3.05) is 6.54 Å². The van der Waals surface area contributed by atoms with Crippen LogP contribution in [0.25, 0.3) is 0 Å². The Kier molecular flexibility index (Phi) is 8.06. The minimum absolute atomic E-state index is 0.0218. The van der Waals surface area contributed by atoms with Gasteiger partial charge in [-0.1, -0.05) is 67.1 Å². The smallest absolute Gasteiger partial charge is 0.240 e. The third-order valence-electron chi connectivity index (χ3n) is 3.84. The molecule has 26 heavy (non-hydrogen) atoms. The zero-order valence-electron chi connectivity index (χ0n) is 15.1. The lowest BCUT2D eigenvalue weighted by atomic mass is 10.0. The van der Waals surface area contributed by atoms with E-state index < -0.39 is 0 Å². The maximum atomic E-state index is 12.1. The minimum atomic E-state index is -0.103. The normalized spacial score (nSPS) is 10.0. The first-order chi connectivity index (χ1) is 12.7. The van der Waals surface area contributed by atoms with Crippen molar-refractivity contribution >= 4 is 17.5 Å². The summed E-state index contributed by atoms with van der Waals surface area (Å²) in [7, 11) is 0. The molecule has 5 heteroatoms. The Morgan fingerprint density at radius 2 is 1.42 bits per heavy atom. The zero-order valence-corrected chi connectivity index (χ0v) is 15.1. The number of unbranched alkanes of at least 4 members (excludes halogenated alkanes) is 2. The van der Waals surface area contributed by atoms with E-state index in [1.165, 1.54) is 6.92 Å². The zero-order chi connectivity index (χ0) is 18.6. The van der Waals surface area contributed by atoms with E-state index in [1.807, 2.05) is 60.7 Å². The quantitative estimate of drug-likeness (QED) is 0.414. The number of carbonyl (C=O) groups excluding carboxylic acids is 2. The highest BCUT2D eigenvalue weighted by atomic mass is 16.2. The van der Waals surface area contributed by atoms with Gasteiger partial charge >= 0.3 is 0 Å². The fraction of sp³-hybridized carbons (Fsp3) is 0.286. The average molecular weight is 351 g/mol. The summed E-state index contributed by atoms with van der Waals surface area (Å²) in [5.74, 6) is -0.125.